The molecule has 0 saturated carbocycles. The highest BCUT2D eigenvalue weighted by Crippen LogP contribution is 2.20. The molecule has 0 aliphatic heterocycles. The van der Waals surface area contributed by atoms with E-state index in [0.29, 0.717) is 6.42 Å². The van der Waals surface area contributed by atoms with Crippen LogP contribution in [0.1, 0.15) is 32.8 Å². The second kappa shape index (κ2) is 11.2. The van der Waals surface area contributed by atoms with E-state index in [4.69, 9.17) is 0 Å². The summed E-state index contributed by atoms with van der Waals surface area (Å²) in [6.45, 7) is 4.26. The molecule has 180 valence electrons. The van der Waals surface area contributed by atoms with Crippen LogP contribution in [0.3, 0.4) is 0 Å². The molecular formula is C23H29F2N3O4S. The first-order chi connectivity index (χ1) is 15.4. The third kappa shape index (κ3) is 7.24. The number of hydrogen-bond donors (Lipinski definition) is 1. The van der Waals surface area contributed by atoms with Crippen molar-refractivity contribution in [3.63, 3.8) is 0 Å². The number of carbonyl (C=O) groups is 2. The first-order valence-electron chi connectivity index (χ1n) is 10.5. The van der Waals surface area contributed by atoms with E-state index >= 15 is 0 Å². The van der Waals surface area contributed by atoms with Gasteiger partial charge in [-0.2, -0.15) is 0 Å². The third-order valence-electron chi connectivity index (χ3n) is 5.24. The van der Waals surface area contributed by atoms with Crippen molar-refractivity contribution >= 4 is 27.5 Å². The van der Waals surface area contributed by atoms with Crippen LogP contribution in [0.25, 0.3) is 0 Å². The highest BCUT2D eigenvalue weighted by molar-refractivity contribution is 7.92. The van der Waals surface area contributed by atoms with E-state index in [1.165, 1.54) is 37.3 Å². The molecule has 10 heteroatoms. The number of benzene rings is 2. The number of rotatable bonds is 10. The van der Waals surface area contributed by atoms with Gasteiger partial charge in [0, 0.05) is 18.2 Å². The van der Waals surface area contributed by atoms with Gasteiger partial charge >= 0.3 is 0 Å². The Morgan fingerprint density at radius 1 is 1.06 bits per heavy atom. The molecule has 0 unspecified atom stereocenters. The first-order valence-corrected chi connectivity index (χ1v) is 12.3. The zero-order chi connectivity index (χ0) is 24.8. The van der Waals surface area contributed by atoms with Crippen LogP contribution in [0.5, 0.6) is 0 Å². The lowest BCUT2D eigenvalue weighted by Crippen LogP contribution is -2.52. The Morgan fingerprint density at radius 2 is 1.73 bits per heavy atom. The number of sulfonamides is 1. The van der Waals surface area contributed by atoms with E-state index in [-0.39, 0.29) is 23.8 Å². The predicted molar refractivity (Wildman–Crippen MR) is 123 cm³/mol. The van der Waals surface area contributed by atoms with Gasteiger partial charge in [-0.1, -0.05) is 31.2 Å². The summed E-state index contributed by atoms with van der Waals surface area (Å²) in [6.07, 6.45) is 1.56. The third-order valence-corrected chi connectivity index (χ3v) is 6.38. The second-order valence-corrected chi connectivity index (χ2v) is 9.76. The number of anilines is 1. The Bertz CT molecular complexity index is 1090. The minimum atomic E-state index is -3.97. The summed E-state index contributed by atoms with van der Waals surface area (Å²) in [5.74, 6) is -2.42. The van der Waals surface area contributed by atoms with E-state index in [2.05, 4.69) is 5.32 Å². The van der Waals surface area contributed by atoms with Gasteiger partial charge in [0.25, 0.3) is 0 Å². The van der Waals surface area contributed by atoms with Crippen LogP contribution < -0.4 is 9.62 Å². The molecule has 0 saturated heterocycles. The molecule has 0 fully saturated rings. The van der Waals surface area contributed by atoms with Gasteiger partial charge in [-0.25, -0.2) is 17.2 Å². The number of carbonyl (C=O) groups excluding carboxylic acids is 2. The Balaban J connectivity index is 2.40. The zero-order valence-corrected chi connectivity index (χ0v) is 19.9. The molecule has 0 radical (unpaired) electrons. The Morgan fingerprint density at radius 3 is 2.30 bits per heavy atom. The molecule has 2 amide bonds. The summed E-state index contributed by atoms with van der Waals surface area (Å²) in [4.78, 5) is 27.2. The summed E-state index contributed by atoms with van der Waals surface area (Å²) in [7, 11) is -3.97. The fourth-order valence-electron chi connectivity index (χ4n) is 3.10. The van der Waals surface area contributed by atoms with Gasteiger partial charge in [0.05, 0.1) is 11.9 Å². The summed E-state index contributed by atoms with van der Waals surface area (Å²) in [5, 5.41) is 2.78. The van der Waals surface area contributed by atoms with Crippen molar-refractivity contribution in [1.29, 1.82) is 0 Å². The Hall–Kier alpha value is -3.01. The highest BCUT2D eigenvalue weighted by Gasteiger charge is 2.31. The maximum atomic E-state index is 14.3. The Labute approximate surface area is 193 Å². The van der Waals surface area contributed by atoms with Crippen LogP contribution in [0.15, 0.2) is 48.5 Å². The number of amides is 2. The minimum absolute atomic E-state index is 0.0339. The molecule has 0 aliphatic rings. The highest BCUT2D eigenvalue weighted by atomic mass is 32.2. The van der Waals surface area contributed by atoms with Crippen LogP contribution in [-0.2, 0) is 26.2 Å². The smallest absolute Gasteiger partial charge is 0.244 e. The maximum absolute atomic E-state index is 14.3. The molecule has 0 bridgehead atoms. The first kappa shape index (κ1) is 26.2. The lowest BCUT2D eigenvalue weighted by molar-refractivity contribution is -0.139. The predicted octanol–water partition coefficient (Wildman–Crippen LogP) is 3.06. The van der Waals surface area contributed by atoms with E-state index < -0.39 is 46.1 Å². The molecule has 7 nitrogen and oxygen atoms in total. The number of nitrogens with one attached hydrogen (secondary N) is 1. The summed E-state index contributed by atoms with van der Waals surface area (Å²) >= 11 is 0. The van der Waals surface area contributed by atoms with Crippen molar-refractivity contribution in [3.8, 4) is 0 Å². The number of halogens is 2. The van der Waals surface area contributed by atoms with Crippen LogP contribution in [0, 0.1) is 11.6 Å². The van der Waals surface area contributed by atoms with Crippen LogP contribution in [0.2, 0.25) is 0 Å². The summed E-state index contributed by atoms with van der Waals surface area (Å²) < 4.78 is 53.6. The van der Waals surface area contributed by atoms with Crippen molar-refractivity contribution in [2.75, 3.05) is 17.1 Å². The average molecular weight is 482 g/mol. The topological polar surface area (TPSA) is 86.8 Å². The fourth-order valence-corrected chi connectivity index (χ4v) is 3.94. The molecular weight excluding hydrogens is 452 g/mol. The van der Waals surface area contributed by atoms with Crippen LogP contribution >= 0.6 is 0 Å². The van der Waals surface area contributed by atoms with Gasteiger partial charge in [0.15, 0.2) is 0 Å². The quantitative estimate of drug-likeness (QED) is 0.565. The van der Waals surface area contributed by atoms with Crippen molar-refractivity contribution < 1.29 is 26.8 Å². The number of nitrogens with zero attached hydrogens (tertiary/aromatic N) is 2. The minimum Gasteiger partial charge on any atom is -0.352 e. The Kier molecular flexibility index (Phi) is 8.92. The summed E-state index contributed by atoms with van der Waals surface area (Å²) in [5.41, 5.74) is 0.138. The SMILES string of the molecule is CC[C@@H](C)NC(=O)[C@@H](C)N(Cc1ccccc1F)C(=O)CN(c1cccc(F)c1)S(C)(=O)=O. The van der Waals surface area contributed by atoms with Crippen molar-refractivity contribution in [2.45, 2.75) is 45.8 Å². The molecule has 2 rings (SSSR count). The van der Waals surface area contributed by atoms with E-state index in [1.807, 2.05) is 13.8 Å². The average Bonchev–Trinajstić information content (AvgIpc) is 2.75. The van der Waals surface area contributed by atoms with Gasteiger partial charge in [-0.05, 0) is 44.5 Å². The molecule has 0 spiro atoms. The monoisotopic (exact) mass is 481 g/mol. The second-order valence-electron chi connectivity index (χ2n) is 7.86. The van der Waals surface area contributed by atoms with E-state index in [1.54, 1.807) is 6.07 Å². The van der Waals surface area contributed by atoms with Crippen molar-refractivity contribution in [2.24, 2.45) is 0 Å². The standard InChI is InChI=1S/C23H29F2N3O4S/c1-5-16(2)26-23(30)17(3)27(14-18-9-6-7-12-21(18)25)22(29)15-28(33(4,31)32)20-11-8-10-19(24)13-20/h6-13,16-17H,5,14-15H2,1-4H3,(H,26,30)/t16-,17-/m1/s1. The van der Waals surface area contributed by atoms with Gasteiger partial charge in [0.1, 0.15) is 24.2 Å². The van der Waals surface area contributed by atoms with Crippen LogP contribution in [0.4, 0.5) is 14.5 Å². The fraction of sp³-hybridized carbons (Fsp3) is 0.391. The zero-order valence-electron chi connectivity index (χ0n) is 19.1. The van der Waals surface area contributed by atoms with Gasteiger partial charge in [-0.15, -0.1) is 0 Å². The number of hydrogen-bond acceptors (Lipinski definition) is 4. The largest absolute Gasteiger partial charge is 0.352 e. The lowest BCUT2D eigenvalue weighted by Gasteiger charge is -2.32. The molecule has 2 atom stereocenters. The van der Waals surface area contributed by atoms with Gasteiger partial charge < -0.3 is 10.2 Å². The van der Waals surface area contributed by atoms with Gasteiger partial charge in [0.2, 0.25) is 21.8 Å². The van der Waals surface area contributed by atoms with E-state index in [0.717, 1.165) is 27.6 Å². The molecule has 0 aromatic heterocycles. The molecule has 33 heavy (non-hydrogen) atoms. The van der Waals surface area contributed by atoms with Crippen molar-refractivity contribution in [3.05, 3.63) is 65.7 Å². The van der Waals surface area contributed by atoms with Crippen LogP contribution in [-0.4, -0.2) is 50.0 Å². The molecule has 1 N–H and O–H groups in total. The van der Waals surface area contributed by atoms with E-state index in [9.17, 15) is 26.8 Å². The van der Waals surface area contributed by atoms with Gasteiger partial charge in [-0.3, -0.25) is 13.9 Å². The molecule has 0 aliphatic carbocycles. The summed E-state index contributed by atoms with van der Waals surface area (Å²) in [6, 6.07) is 9.48. The van der Waals surface area contributed by atoms with Crippen molar-refractivity contribution in [1.82, 2.24) is 10.2 Å². The normalized spacial score (nSPS) is 13.2. The molecule has 2 aromatic carbocycles. The molecule has 2 aromatic rings. The maximum Gasteiger partial charge on any atom is 0.244 e. The molecule has 0 heterocycles. The lowest BCUT2D eigenvalue weighted by atomic mass is 10.1.